The highest BCUT2D eigenvalue weighted by molar-refractivity contribution is 5.66. The van der Waals surface area contributed by atoms with E-state index in [-0.39, 0.29) is 18.0 Å². The summed E-state index contributed by atoms with van der Waals surface area (Å²) in [5.74, 6) is 0. The maximum atomic E-state index is 11.1. The van der Waals surface area contributed by atoms with Crippen LogP contribution in [0.1, 0.15) is 19.3 Å². The van der Waals surface area contributed by atoms with Crippen molar-refractivity contribution < 1.29 is 20.1 Å². The molecule has 22 heavy (non-hydrogen) atoms. The Bertz CT molecular complexity index is 537. The van der Waals surface area contributed by atoms with Gasteiger partial charge in [0, 0.05) is 19.7 Å². The molecule has 1 rings (SSSR count). The Hall–Kier alpha value is -2.26. The van der Waals surface area contributed by atoms with Crippen LogP contribution in [0.25, 0.3) is 0 Å². The van der Waals surface area contributed by atoms with E-state index in [1.165, 1.54) is 12.1 Å². The average molecular weight is 313 g/mol. The topological polar surface area (TPSA) is 130 Å². The smallest absolute Gasteiger partial charge is 0.299 e. The molecular weight excluding hydrogens is 294 g/mol. The third kappa shape index (κ3) is 4.93. The Morgan fingerprint density at radius 3 is 2.45 bits per heavy atom. The van der Waals surface area contributed by atoms with Crippen LogP contribution in [0.3, 0.4) is 0 Å². The monoisotopic (exact) mass is 313 g/mol. The molecular formula is C13H19N3O6. The minimum absolute atomic E-state index is 0.288. The summed E-state index contributed by atoms with van der Waals surface area (Å²) >= 11 is 0. The number of hydrogen-bond donors (Lipinski definition) is 2. The lowest BCUT2D eigenvalue weighted by Gasteiger charge is -2.19. The molecule has 0 aliphatic heterocycles. The predicted octanol–water partition coefficient (Wildman–Crippen LogP) is 1.46. The van der Waals surface area contributed by atoms with Crippen LogP contribution < -0.4 is 4.90 Å². The van der Waals surface area contributed by atoms with Crippen molar-refractivity contribution >= 4 is 17.1 Å². The highest BCUT2D eigenvalue weighted by atomic mass is 16.6. The third-order valence-electron chi connectivity index (χ3n) is 3.27. The summed E-state index contributed by atoms with van der Waals surface area (Å²) in [6.45, 7) is 0.209. The van der Waals surface area contributed by atoms with Crippen LogP contribution in [0.4, 0.5) is 17.1 Å². The van der Waals surface area contributed by atoms with Crippen molar-refractivity contribution in [3.8, 4) is 0 Å². The zero-order valence-electron chi connectivity index (χ0n) is 12.2. The normalized spacial score (nSPS) is 12.0. The van der Waals surface area contributed by atoms with Gasteiger partial charge < -0.3 is 15.1 Å². The number of rotatable bonds is 9. The van der Waals surface area contributed by atoms with E-state index in [9.17, 15) is 25.3 Å². The van der Waals surface area contributed by atoms with Gasteiger partial charge >= 0.3 is 0 Å². The van der Waals surface area contributed by atoms with Crippen LogP contribution in [0.15, 0.2) is 18.2 Å². The van der Waals surface area contributed by atoms with Gasteiger partial charge in [0.25, 0.3) is 11.4 Å². The lowest BCUT2D eigenvalue weighted by atomic mass is 10.1. The zero-order chi connectivity index (χ0) is 16.7. The molecule has 0 heterocycles. The zero-order valence-corrected chi connectivity index (χ0v) is 12.2. The summed E-state index contributed by atoms with van der Waals surface area (Å²) in [6, 6.07) is 3.54. The van der Waals surface area contributed by atoms with Crippen LogP contribution in [0.2, 0.25) is 0 Å². The highest BCUT2D eigenvalue weighted by Gasteiger charge is 2.21. The predicted molar refractivity (Wildman–Crippen MR) is 80.0 cm³/mol. The van der Waals surface area contributed by atoms with E-state index in [1.807, 2.05) is 0 Å². The minimum Gasteiger partial charge on any atom is -0.394 e. The molecule has 0 aromatic heterocycles. The van der Waals surface area contributed by atoms with Crippen molar-refractivity contribution in [2.24, 2.45) is 0 Å². The van der Waals surface area contributed by atoms with E-state index >= 15 is 0 Å². The maximum Gasteiger partial charge on any atom is 0.299 e. The molecule has 0 aliphatic rings. The molecule has 9 heteroatoms. The van der Waals surface area contributed by atoms with Gasteiger partial charge in [0.1, 0.15) is 5.69 Å². The number of aliphatic hydroxyl groups is 2. The van der Waals surface area contributed by atoms with Gasteiger partial charge in [-0.3, -0.25) is 20.2 Å². The van der Waals surface area contributed by atoms with E-state index in [0.29, 0.717) is 31.5 Å². The number of nitrogens with zero attached hydrogens (tertiary/aromatic N) is 3. The van der Waals surface area contributed by atoms with Gasteiger partial charge in [-0.1, -0.05) is 0 Å². The molecule has 1 unspecified atom stereocenters. The molecule has 122 valence electrons. The Morgan fingerprint density at radius 1 is 1.23 bits per heavy atom. The first-order valence-electron chi connectivity index (χ1n) is 6.79. The number of unbranched alkanes of at least 4 members (excludes halogenated alkanes) is 1. The molecule has 0 fully saturated rings. The summed E-state index contributed by atoms with van der Waals surface area (Å²) in [5, 5.41) is 39.7. The van der Waals surface area contributed by atoms with Gasteiger partial charge in [0.2, 0.25) is 0 Å². The Morgan fingerprint density at radius 2 is 1.91 bits per heavy atom. The molecule has 0 spiro atoms. The van der Waals surface area contributed by atoms with Gasteiger partial charge in [0.05, 0.1) is 28.6 Å². The first kappa shape index (κ1) is 17.8. The number of benzene rings is 1. The van der Waals surface area contributed by atoms with Crippen molar-refractivity contribution in [1.29, 1.82) is 0 Å². The van der Waals surface area contributed by atoms with Crippen molar-refractivity contribution in [2.75, 3.05) is 25.1 Å². The van der Waals surface area contributed by atoms with Crippen LogP contribution in [0, 0.1) is 20.2 Å². The van der Waals surface area contributed by atoms with E-state index in [0.717, 1.165) is 6.07 Å². The molecule has 0 bridgehead atoms. The number of hydrogen-bond acceptors (Lipinski definition) is 7. The molecule has 0 radical (unpaired) electrons. The summed E-state index contributed by atoms with van der Waals surface area (Å²) < 4.78 is 0. The van der Waals surface area contributed by atoms with Gasteiger partial charge in [-0.2, -0.15) is 0 Å². The summed E-state index contributed by atoms with van der Waals surface area (Å²) in [5.41, 5.74) is -0.333. The van der Waals surface area contributed by atoms with Gasteiger partial charge in [-0.15, -0.1) is 0 Å². The SMILES string of the molecule is CN(CCCCC(O)CO)c1ccc([N+](=O)[O-])cc1[N+](=O)[O-]. The Kier molecular flexibility index (Phi) is 6.67. The molecule has 0 saturated carbocycles. The molecule has 1 aromatic carbocycles. The summed E-state index contributed by atoms with van der Waals surface area (Å²) in [6.07, 6.45) is 1.03. The molecule has 0 saturated heterocycles. The quantitative estimate of drug-likeness (QED) is 0.401. The fourth-order valence-electron chi connectivity index (χ4n) is 2.04. The number of non-ortho nitro benzene ring substituents is 1. The third-order valence-corrected chi connectivity index (χ3v) is 3.27. The average Bonchev–Trinajstić information content (AvgIpc) is 2.50. The van der Waals surface area contributed by atoms with E-state index in [4.69, 9.17) is 5.11 Å². The fourth-order valence-corrected chi connectivity index (χ4v) is 2.04. The summed E-state index contributed by atoms with van der Waals surface area (Å²) in [4.78, 5) is 22.1. The van der Waals surface area contributed by atoms with Crippen LogP contribution >= 0.6 is 0 Å². The second-order valence-corrected chi connectivity index (χ2v) is 4.94. The van der Waals surface area contributed by atoms with E-state index < -0.39 is 16.0 Å². The van der Waals surface area contributed by atoms with Crippen molar-refractivity contribution in [2.45, 2.75) is 25.4 Å². The Balaban J connectivity index is 2.74. The van der Waals surface area contributed by atoms with Crippen molar-refractivity contribution in [1.82, 2.24) is 0 Å². The Labute approximate surface area is 127 Å². The van der Waals surface area contributed by atoms with Gasteiger partial charge in [-0.05, 0) is 25.3 Å². The van der Waals surface area contributed by atoms with E-state index in [2.05, 4.69) is 0 Å². The lowest BCUT2D eigenvalue weighted by molar-refractivity contribution is -0.393. The number of anilines is 1. The largest absolute Gasteiger partial charge is 0.394 e. The highest BCUT2D eigenvalue weighted by Crippen LogP contribution is 2.31. The molecule has 0 amide bonds. The second-order valence-electron chi connectivity index (χ2n) is 4.94. The van der Waals surface area contributed by atoms with Crippen LogP contribution in [-0.2, 0) is 0 Å². The van der Waals surface area contributed by atoms with Crippen LogP contribution in [-0.4, -0.2) is 46.4 Å². The minimum atomic E-state index is -0.751. The fraction of sp³-hybridized carbons (Fsp3) is 0.538. The van der Waals surface area contributed by atoms with Gasteiger partial charge in [0.15, 0.2) is 0 Å². The summed E-state index contributed by atoms with van der Waals surface area (Å²) in [7, 11) is 1.66. The number of aliphatic hydroxyl groups excluding tert-OH is 2. The molecule has 1 atom stereocenters. The van der Waals surface area contributed by atoms with Crippen molar-refractivity contribution in [3.63, 3.8) is 0 Å². The second kappa shape index (κ2) is 8.25. The maximum absolute atomic E-state index is 11.1. The van der Waals surface area contributed by atoms with E-state index in [1.54, 1.807) is 11.9 Å². The number of nitro benzene ring substituents is 2. The number of nitro groups is 2. The molecule has 9 nitrogen and oxygen atoms in total. The van der Waals surface area contributed by atoms with Crippen molar-refractivity contribution in [3.05, 3.63) is 38.4 Å². The molecule has 1 aromatic rings. The van der Waals surface area contributed by atoms with Crippen LogP contribution in [0.5, 0.6) is 0 Å². The molecule has 0 aliphatic carbocycles. The molecule has 2 N–H and O–H groups in total. The van der Waals surface area contributed by atoms with Gasteiger partial charge in [-0.25, -0.2) is 0 Å². The first-order valence-corrected chi connectivity index (χ1v) is 6.79. The standard InChI is InChI=1S/C13H19N3O6/c1-14(7-3-2-4-11(18)9-17)12-6-5-10(15(19)20)8-13(12)16(21)22/h5-6,8,11,17-18H,2-4,7,9H2,1H3. The lowest BCUT2D eigenvalue weighted by Crippen LogP contribution is -2.20. The first-order chi connectivity index (χ1) is 10.4.